The monoisotopic (exact) mass is 555 g/mol. The van der Waals surface area contributed by atoms with Crippen LogP contribution >= 0.6 is 0 Å². The fraction of sp³-hybridized carbons (Fsp3) is 0.407. The van der Waals surface area contributed by atoms with Crippen molar-refractivity contribution in [2.45, 2.75) is 57.5 Å². The molecule has 3 atom stereocenters. The van der Waals surface area contributed by atoms with Crippen molar-refractivity contribution in [3.63, 3.8) is 0 Å². The van der Waals surface area contributed by atoms with Gasteiger partial charge in [0.15, 0.2) is 11.9 Å². The summed E-state index contributed by atoms with van der Waals surface area (Å²) in [5.74, 6) is -6.83. The van der Waals surface area contributed by atoms with Crippen molar-refractivity contribution in [3.8, 4) is 0 Å². The summed E-state index contributed by atoms with van der Waals surface area (Å²) in [6.07, 6.45) is -16.2. The summed E-state index contributed by atoms with van der Waals surface area (Å²) in [4.78, 5) is 42.8. The minimum Gasteiger partial charge on any atom is -0.369 e. The Morgan fingerprint density at radius 2 is 1.51 bits per heavy atom. The minimum absolute atomic E-state index is 0.166. The fourth-order valence-electron chi connectivity index (χ4n) is 4.45. The molecule has 0 spiro atoms. The zero-order chi connectivity index (χ0) is 29.0. The third-order valence-corrected chi connectivity index (χ3v) is 6.47. The molecule has 1 heterocycles. The van der Waals surface area contributed by atoms with Crippen LogP contribution in [0.2, 0.25) is 0 Å². The third kappa shape index (κ3) is 8.39. The molecule has 0 aliphatic carbocycles. The van der Waals surface area contributed by atoms with E-state index >= 15 is 0 Å². The van der Waals surface area contributed by atoms with E-state index in [1.165, 1.54) is 0 Å². The van der Waals surface area contributed by atoms with Crippen LogP contribution in [0.15, 0.2) is 53.5 Å². The Kier molecular flexibility index (Phi) is 9.18. The topological polar surface area (TPSA) is 102 Å². The number of amides is 2. The van der Waals surface area contributed by atoms with Gasteiger partial charge in [-0.05, 0) is 25.3 Å². The first-order valence-corrected chi connectivity index (χ1v) is 12.1. The molecule has 1 aliphatic rings. The largest absolute Gasteiger partial charge is 0.389 e. The summed E-state index contributed by atoms with van der Waals surface area (Å²) in [5.41, 5.74) is 8.35. The number of ketones is 1. The molecule has 6 nitrogen and oxygen atoms in total. The van der Waals surface area contributed by atoms with E-state index in [0.29, 0.717) is 22.4 Å². The maximum absolute atomic E-state index is 13.2. The van der Waals surface area contributed by atoms with E-state index < -0.39 is 73.6 Å². The Morgan fingerprint density at radius 3 is 2.08 bits per heavy atom. The molecule has 0 aromatic heterocycles. The number of hydrogen-bond donors (Lipinski definition) is 2. The highest BCUT2D eigenvalue weighted by molar-refractivity contribution is 6.16. The van der Waals surface area contributed by atoms with Gasteiger partial charge in [-0.15, -0.1) is 0 Å². The first kappa shape index (κ1) is 29.9. The van der Waals surface area contributed by atoms with Crippen LogP contribution in [-0.2, 0) is 20.8 Å². The number of benzene rings is 2. The lowest BCUT2D eigenvalue weighted by molar-refractivity contribution is -0.152. The summed E-state index contributed by atoms with van der Waals surface area (Å²) in [6.45, 7) is 1.87. The molecule has 0 saturated heterocycles. The van der Waals surface area contributed by atoms with Gasteiger partial charge < -0.3 is 11.1 Å². The maximum atomic E-state index is 13.2. The lowest BCUT2D eigenvalue weighted by Gasteiger charge is -2.26. The van der Waals surface area contributed by atoms with E-state index in [-0.39, 0.29) is 6.42 Å². The van der Waals surface area contributed by atoms with E-state index in [1.807, 2.05) is 19.1 Å². The average Bonchev–Trinajstić information content (AvgIpc) is 2.96. The van der Waals surface area contributed by atoms with Gasteiger partial charge in [-0.2, -0.15) is 26.3 Å². The second-order valence-electron chi connectivity index (χ2n) is 9.48. The standard InChI is InChI=1S/C27H27F6N3O3/c1-15-6-8-16(9-7-15)22-18-5-3-2-4-17(18)14-21(37)24(35-22)36-25(39)20(11-13-27(31,32)33)19(23(34)38)10-12-26(28,29)30/h2-9,19-20,24H,10-14H2,1H3,(H2,34,38)(H,36,39)/t19-,20+,24+/m0/s1. The van der Waals surface area contributed by atoms with E-state index in [2.05, 4.69) is 10.3 Å². The predicted molar refractivity (Wildman–Crippen MR) is 131 cm³/mol. The minimum atomic E-state index is -4.75. The van der Waals surface area contributed by atoms with Crippen LogP contribution in [0.1, 0.15) is 47.9 Å². The van der Waals surface area contributed by atoms with E-state index in [0.717, 1.165) is 5.56 Å². The molecule has 210 valence electrons. The van der Waals surface area contributed by atoms with Crippen LogP contribution in [0.25, 0.3) is 0 Å². The number of alkyl halides is 6. The highest BCUT2D eigenvalue weighted by Gasteiger charge is 2.40. The lowest BCUT2D eigenvalue weighted by Crippen LogP contribution is -2.47. The maximum Gasteiger partial charge on any atom is 0.389 e. The fourth-order valence-corrected chi connectivity index (χ4v) is 4.45. The molecule has 0 saturated carbocycles. The van der Waals surface area contributed by atoms with E-state index in [9.17, 15) is 40.7 Å². The van der Waals surface area contributed by atoms with Gasteiger partial charge >= 0.3 is 12.4 Å². The first-order chi connectivity index (χ1) is 18.1. The number of fused-ring (bicyclic) bond motifs is 1. The molecule has 0 unspecified atom stereocenters. The third-order valence-electron chi connectivity index (χ3n) is 6.47. The summed E-state index contributed by atoms with van der Waals surface area (Å²) in [5, 5.41) is 2.29. The molecule has 39 heavy (non-hydrogen) atoms. The Bertz CT molecular complexity index is 1240. The number of halogens is 6. The molecule has 2 aromatic rings. The van der Waals surface area contributed by atoms with Gasteiger partial charge in [0, 0.05) is 42.2 Å². The van der Waals surface area contributed by atoms with Crippen molar-refractivity contribution >= 4 is 23.3 Å². The van der Waals surface area contributed by atoms with Crippen molar-refractivity contribution in [3.05, 3.63) is 70.8 Å². The number of carbonyl (C=O) groups is 3. The first-order valence-electron chi connectivity index (χ1n) is 12.1. The summed E-state index contributed by atoms with van der Waals surface area (Å²) in [6, 6.07) is 14.0. The van der Waals surface area contributed by atoms with Gasteiger partial charge in [-0.1, -0.05) is 54.1 Å². The zero-order valence-electron chi connectivity index (χ0n) is 20.9. The Morgan fingerprint density at radius 1 is 0.949 bits per heavy atom. The molecule has 0 bridgehead atoms. The van der Waals surface area contributed by atoms with Gasteiger partial charge in [-0.3, -0.25) is 19.4 Å². The molecule has 3 N–H and O–H groups in total. The van der Waals surface area contributed by atoms with E-state index in [4.69, 9.17) is 5.73 Å². The zero-order valence-corrected chi connectivity index (χ0v) is 20.9. The lowest BCUT2D eigenvalue weighted by atomic mass is 9.83. The molecule has 3 rings (SSSR count). The van der Waals surface area contributed by atoms with Crippen LogP contribution in [0.4, 0.5) is 26.3 Å². The van der Waals surface area contributed by atoms with Crippen LogP contribution in [-0.4, -0.2) is 41.8 Å². The van der Waals surface area contributed by atoms with Crippen LogP contribution in [0, 0.1) is 18.8 Å². The SMILES string of the molecule is Cc1ccc(C2=N[C@H](NC(=O)[C@H](CCC(F)(F)F)[C@H](CCC(F)(F)F)C(N)=O)C(=O)Cc3ccccc32)cc1. The molecule has 0 radical (unpaired) electrons. The summed E-state index contributed by atoms with van der Waals surface area (Å²) >= 11 is 0. The summed E-state index contributed by atoms with van der Waals surface area (Å²) in [7, 11) is 0. The highest BCUT2D eigenvalue weighted by Crippen LogP contribution is 2.33. The molecule has 12 heteroatoms. The van der Waals surface area contributed by atoms with Crippen molar-refractivity contribution in [2.75, 3.05) is 0 Å². The molecule has 0 fully saturated rings. The number of aryl methyl sites for hydroxylation is 1. The number of aliphatic imine (C=N–C) groups is 1. The molecule has 1 aliphatic heterocycles. The number of nitrogens with zero attached hydrogens (tertiary/aromatic N) is 1. The van der Waals surface area contributed by atoms with Gasteiger partial charge in [-0.25, -0.2) is 0 Å². The predicted octanol–water partition coefficient (Wildman–Crippen LogP) is 4.80. The van der Waals surface area contributed by atoms with Gasteiger partial charge in [0.05, 0.1) is 5.71 Å². The van der Waals surface area contributed by atoms with Crippen molar-refractivity contribution in [1.29, 1.82) is 0 Å². The average molecular weight is 556 g/mol. The number of Topliss-reactive ketones (excluding diaryl/α,β-unsaturated/α-hetero) is 1. The second-order valence-corrected chi connectivity index (χ2v) is 9.48. The highest BCUT2D eigenvalue weighted by atomic mass is 19.4. The Labute approximate surface area is 220 Å². The van der Waals surface area contributed by atoms with Crippen molar-refractivity contribution in [1.82, 2.24) is 5.32 Å². The molecule has 2 amide bonds. The quantitative estimate of drug-likeness (QED) is 0.435. The van der Waals surface area contributed by atoms with Gasteiger partial charge in [0.2, 0.25) is 11.8 Å². The van der Waals surface area contributed by atoms with E-state index in [1.54, 1.807) is 36.4 Å². The van der Waals surface area contributed by atoms with Crippen LogP contribution < -0.4 is 11.1 Å². The number of nitrogens with two attached hydrogens (primary N) is 1. The van der Waals surface area contributed by atoms with Gasteiger partial charge in [0.1, 0.15) is 0 Å². The molecular formula is C27H27F6N3O3. The molecular weight excluding hydrogens is 528 g/mol. The number of nitrogens with one attached hydrogen (secondary N) is 1. The van der Waals surface area contributed by atoms with Crippen LogP contribution in [0.3, 0.4) is 0 Å². The summed E-state index contributed by atoms with van der Waals surface area (Å²) < 4.78 is 77.6. The van der Waals surface area contributed by atoms with Crippen molar-refractivity contribution in [2.24, 2.45) is 22.6 Å². The smallest absolute Gasteiger partial charge is 0.369 e. The normalized spacial score (nSPS) is 17.5. The Balaban J connectivity index is 1.98. The van der Waals surface area contributed by atoms with Gasteiger partial charge in [0.25, 0.3) is 0 Å². The number of primary amides is 1. The molecule has 2 aromatic carbocycles. The second kappa shape index (κ2) is 12.0. The number of rotatable bonds is 9. The van der Waals surface area contributed by atoms with Crippen molar-refractivity contribution < 1.29 is 40.7 Å². The Hall–Kier alpha value is -3.70. The van der Waals surface area contributed by atoms with Crippen LogP contribution in [0.5, 0.6) is 0 Å². The number of carbonyl (C=O) groups excluding carboxylic acids is 3. The number of hydrogen-bond acceptors (Lipinski definition) is 4.